The number of carbonyl (C=O) groups excluding carboxylic acids is 4. The first-order chi connectivity index (χ1) is 11.8. The molecule has 1 unspecified atom stereocenters. The van der Waals surface area contributed by atoms with Crippen LogP contribution in [0.25, 0.3) is 0 Å². The molecular formula is C16H17FN4O4. The van der Waals surface area contributed by atoms with Crippen molar-refractivity contribution < 1.29 is 23.6 Å². The van der Waals surface area contributed by atoms with Crippen LogP contribution in [0.5, 0.6) is 0 Å². The van der Waals surface area contributed by atoms with Gasteiger partial charge in [0.2, 0.25) is 0 Å². The van der Waals surface area contributed by atoms with Crippen molar-refractivity contribution in [3.05, 3.63) is 23.8 Å². The molecule has 1 aromatic rings. The number of benzene rings is 1. The fourth-order valence-electron chi connectivity index (χ4n) is 3.02. The molecule has 2 aliphatic rings. The van der Waals surface area contributed by atoms with E-state index in [0.717, 1.165) is 9.80 Å². The summed E-state index contributed by atoms with van der Waals surface area (Å²) in [6.07, 6.45) is -0.139. The zero-order valence-corrected chi connectivity index (χ0v) is 13.8. The van der Waals surface area contributed by atoms with Crippen LogP contribution in [0.15, 0.2) is 18.2 Å². The minimum atomic E-state index is -1.32. The Morgan fingerprint density at radius 3 is 2.32 bits per heavy atom. The second kappa shape index (κ2) is 5.83. The Kier molecular flexibility index (Phi) is 3.94. The van der Waals surface area contributed by atoms with E-state index in [0.29, 0.717) is 5.56 Å². The number of hydrogen-bond acceptors (Lipinski definition) is 4. The molecule has 132 valence electrons. The lowest BCUT2D eigenvalue weighted by molar-refractivity contribution is -0.121. The largest absolute Gasteiger partial charge is 0.329 e. The van der Waals surface area contributed by atoms with E-state index >= 15 is 0 Å². The van der Waals surface area contributed by atoms with Crippen LogP contribution in [0.3, 0.4) is 0 Å². The van der Waals surface area contributed by atoms with Crippen LogP contribution >= 0.6 is 0 Å². The number of alkyl halides is 1. The van der Waals surface area contributed by atoms with Crippen molar-refractivity contribution in [2.24, 2.45) is 0 Å². The van der Waals surface area contributed by atoms with Crippen molar-refractivity contribution in [1.29, 1.82) is 0 Å². The first-order valence-corrected chi connectivity index (χ1v) is 7.73. The highest BCUT2D eigenvalue weighted by Crippen LogP contribution is 2.34. The standard InChI is InChI=1S/C16H17FN4O4/c1-9-10(20-12(22)8-18-14(20)24)4-3-5-11(9)21-13(23)16(2,6-7-17)19-15(21)25/h3-5H,6-8H2,1-2H3,(H,18,24)(H,19,25). The Morgan fingerprint density at radius 2 is 1.76 bits per heavy atom. The van der Waals surface area contributed by atoms with Crippen molar-refractivity contribution in [2.75, 3.05) is 23.0 Å². The van der Waals surface area contributed by atoms with Crippen LogP contribution in [-0.4, -0.2) is 42.6 Å². The van der Waals surface area contributed by atoms with E-state index in [1.165, 1.54) is 13.0 Å². The first-order valence-electron chi connectivity index (χ1n) is 7.73. The van der Waals surface area contributed by atoms with Gasteiger partial charge in [0, 0.05) is 6.42 Å². The third-order valence-corrected chi connectivity index (χ3v) is 4.46. The highest BCUT2D eigenvalue weighted by molar-refractivity contribution is 6.25. The maximum Gasteiger partial charge on any atom is 0.329 e. The van der Waals surface area contributed by atoms with Gasteiger partial charge in [-0.05, 0) is 31.5 Å². The zero-order valence-electron chi connectivity index (χ0n) is 13.8. The maximum atomic E-state index is 12.7. The molecule has 1 atom stereocenters. The van der Waals surface area contributed by atoms with Crippen molar-refractivity contribution in [2.45, 2.75) is 25.8 Å². The van der Waals surface area contributed by atoms with Gasteiger partial charge in [0.1, 0.15) is 5.54 Å². The van der Waals surface area contributed by atoms with E-state index in [1.54, 1.807) is 19.1 Å². The van der Waals surface area contributed by atoms with E-state index < -0.39 is 36.1 Å². The van der Waals surface area contributed by atoms with Gasteiger partial charge in [0.05, 0.1) is 24.6 Å². The Labute approximate surface area is 143 Å². The average Bonchev–Trinajstić information content (AvgIpc) is 2.98. The number of hydrogen-bond donors (Lipinski definition) is 2. The number of halogens is 1. The van der Waals surface area contributed by atoms with Gasteiger partial charge < -0.3 is 10.6 Å². The molecule has 9 heteroatoms. The fraction of sp³-hybridized carbons (Fsp3) is 0.375. The molecule has 8 nitrogen and oxygen atoms in total. The van der Waals surface area contributed by atoms with Gasteiger partial charge in [-0.1, -0.05) is 6.07 Å². The average molecular weight is 348 g/mol. The van der Waals surface area contributed by atoms with Crippen LogP contribution in [0.4, 0.5) is 25.4 Å². The number of nitrogens with zero attached hydrogens (tertiary/aromatic N) is 2. The first kappa shape index (κ1) is 16.9. The van der Waals surface area contributed by atoms with Gasteiger partial charge in [-0.3, -0.25) is 14.0 Å². The van der Waals surface area contributed by atoms with Crippen molar-refractivity contribution in [1.82, 2.24) is 10.6 Å². The van der Waals surface area contributed by atoms with Gasteiger partial charge >= 0.3 is 12.1 Å². The van der Waals surface area contributed by atoms with Crippen LogP contribution in [0, 0.1) is 6.92 Å². The zero-order chi connectivity index (χ0) is 18.4. The minimum Gasteiger partial charge on any atom is -0.328 e. The van der Waals surface area contributed by atoms with Crippen molar-refractivity contribution >= 4 is 35.3 Å². The number of imide groups is 2. The fourth-order valence-corrected chi connectivity index (χ4v) is 3.02. The molecule has 3 rings (SSSR count). The summed E-state index contributed by atoms with van der Waals surface area (Å²) in [4.78, 5) is 50.7. The number of urea groups is 2. The summed E-state index contributed by atoms with van der Waals surface area (Å²) in [6, 6.07) is 3.40. The molecule has 0 spiro atoms. The smallest absolute Gasteiger partial charge is 0.328 e. The third-order valence-electron chi connectivity index (χ3n) is 4.46. The molecular weight excluding hydrogens is 331 g/mol. The summed E-state index contributed by atoms with van der Waals surface area (Å²) < 4.78 is 12.7. The summed E-state index contributed by atoms with van der Waals surface area (Å²) in [6.45, 7) is 2.20. The number of carbonyl (C=O) groups is 4. The summed E-state index contributed by atoms with van der Waals surface area (Å²) in [5.41, 5.74) is -0.372. The third kappa shape index (κ3) is 2.51. The van der Waals surface area contributed by atoms with Gasteiger partial charge in [0.25, 0.3) is 11.8 Å². The van der Waals surface area contributed by atoms with Gasteiger partial charge in [-0.2, -0.15) is 0 Å². The van der Waals surface area contributed by atoms with E-state index in [9.17, 15) is 23.6 Å². The Bertz CT molecular complexity index is 780. The van der Waals surface area contributed by atoms with Gasteiger partial charge in [0.15, 0.2) is 0 Å². The van der Waals surface area contributed by atoms with E-state index in [4.69, 9.17) is 0 Å². The Hall–Kier alpha value is -2.97. The predicted molar refractivity (Wildman–Crippen MR) is 87.1 cm³/mol. The van der Waals surface area contributed by atoms with Gasteiger partial charge in [-0.15, -0.1) is 0 Å². The Balaban J connectivity index is 2.03. The highest BCUT2D eigenvalue weighted by atomic mass is 19.1. The van der Waals surface area contributed by atoms with E-state index in [1.807, 2.05) is 0 Å². The molecule has 2 heterocycles. The number of anilines is 2. The summed E-state index contributed by atoms with van der Waals surface area (Å²) in [5, 5.41) is 4.92. The second-order valence-electron chi connectivity index (χ2n) is 6.15. The second-order valence-corrected chi connectivity index (χ2v) is 6.15. The summed E-state index contributed by atoms with van der Waals surface area (Å²) in [5.74, 6) is -1.00. The van der Waals surface area contributed by atoms with Crippen LogP contribution < -0.4 is 20.4 Å². The predicted octanol–water partition coefficient (Wildman–Crippen LogP) is 1.23. The van der Waals surface area contributed by atoms with Crippen LogP contribution in [0.1, 0.15) is 18.9 Å². The molecule has 0 saturated carbocycles. The number of rotatable bonds is 4. The quantitative estimate of drug-likeness (QED) is 0.800. The molecule has 0 aromatic heterocycles. The normalized spacial score (nSPS) is 23.3. The molecule has 0 bridgehead atoms. The SMILES string of the molecule is Cc1c(N2C(=O)CNC2=O)cccc1N1C(=O)NC(C)(CCF)C1=O. The molecule has 2 N–H and O–H groups in total. The number of nitrogens with one attached hydrogen (secondary N) is 2. The number of amides is 6. The highest BCUT2D eigenvalue weighted by Gasteiger charge is 2.48. The van der Waals surface area contributed by atoms with Crippen molar-refractivity contribution in [3.8, 4) is 0 Å². The summed E-state index contributed by atoms with van der Waals surface area (Å²) in [7, 11) is 0. The monoisotopic (exact) mass is 348 g/mol. The van der Waals surface area contributed by atoms with Crippen LogP contribution in [0.2, 0.25) is 0 Å². The molecule has 2 aliphatic heterocycles. The van der Waals surface area contributed by atoms with Gasteiger partial charge in [-0.25, -0.2) is 19.4 Å². The lowest BCUT2D eigenvalue weighted by Crippen LogP contribution is -2.44. The maximum absolute atomic E-state index is 12.7. The van der Waals surface area contributed by atoms with E-state index in [2.05, 4.69) is 10.6 Å². The molecule has 2 saturated heterocycles. The Morgan fingerprint density at radius 1 is 1.12 bits per heavy atom. The molecule has 0 radical (unpaired) electrons. The molecule has 0 aliphatic carbocycles. The lowest BCUT2D eigenvalue weighted by Gasteiger charge is -2.23. The topological polar surface area (TPSA) is 98.8 Å². The lowest BCUT2D eigenvalue weighted by atomic mass is 9.98. The molecule has 2 fully saturated rings. The van der Waals surface area contributed by atoms with E-state index in [-0.39, 0.29) is 24.3 Å². The van der Waals surface area contributed by atoms with Crippen LogP contribution in [-0.2, 0) is 9.59 Å². The molecule has 25 heavy (non-hydrogen) atoms. The summed E-state index contributed by atoms with van der Waals surface area (Å²) >= 11 is 0. The minimum absolute atomic E-state index is 0.111. The molecule has 6 amide bonds. The van der Waals surface area contributed by atoms with Crippen molar-refractivity contribution in [3.63, 3.8) is 0 Å². The molecule has 1 aromatic carbocycles.